The number of carbonyl (C=O) groups excluding carboxylic acids is 1. The van der Waals surface area contributed by atoms with E-state index in [1.165, 1.54) is 5.56 Å². The van der Waals surface area contributed by atoms with Crippen molar-refractivity contribution in [3.63, 3.8) is 0 Å². The van der Waals surface area contributed by atoms with E-state index >= 15 is 0 Å². The van der Waals surface area contributed by atoms with Gasteiger partial charge in [0.05, 0.1) is 12.2 Å². The molecule has 21 heavy (non-hydrogen) atoms. The van der Waals surface area contributed by atoms with Crippen LogP contribution in [0.15, 0.2) is 24.3 Å². The molecule has 118 valence electrons. The van der Waals surface area contributed by atoms with Gasteiger partial charge in [0.15, 0.2) is 0 Å². The highest BCUT2D eigenvalue weighted by molar-refractivity contribution is 5.75. The Morgan fingerprint density at radius 2 is 1.86 bits per heavy atom. The highest BCUT2D eigenvalue weighted by Crippen LogP contribution is 2.13. The zero-order valence-electron chi connectivity index (χ0n) is 13.3. The highest BCUT2D eigenvalue weighted by Gasteiger charge is 2.22. The number of aliphatic hydroxyl groups is 1. The van der Waals surface area contributed by atoms with Crippen LogP contribution >= 0.6 is 0 Å². The second-order valence-corrected chi connectivity index (χ2v) is 5.47. The topological polar surface area (TPSA) is 58.6 Å². The molecule has 4 heteroatoms. The van der Waals surface area contributed by atoms with Crippen molar-refractivity contribution in [3.05, 3.63) is 29.8 Å². The van der Waals surface area contributed by atoms with Crippen molar-refractivity contribution in [3.8, 4) is 5.75 Å². The first-order valence-electron chi connectivity index (χ1n) is 7.67. The van der Waals surface area contributed by atoms with E-state index in [0.29, 0.717) is 38.8 Å². The fraction of sp³-hybridized carbons (Fsp3) is 0.588. The second kappa shape index (κ2) is 8.67. The minimum absolute atomic E-state index is 0.0390. The van der Waals surface area contributed by atoms with Gasteiger partial charge in [0.2, 0.25) is 5.91 Å². The molecule has 0 aliphatic carbocycles. The Kier molecular flexibility index (Phi) is 7.23. The molecule has 0 saturated carbocycles. The third-order valence-electron chi connectivity index (χ3n) is 3.77. The number of nitrogens with one attached hydrogen (secondary N) is 1. The highest BCUT2D eigenvalue weighted by atomic mass is 16.5. The third-order valence-corrected chi connectivity index (χ3v) is 3.77. The van der Waals surface area contributed by atoms with Crippen molar-refractivity contribution in [1.82, 2.24) is 5.32 Å². The maximum Gasteiger partial charge on any atom is 0.220 e. The Balaban J connectivity index is 2.17. The van der Waals surface area contributed by atoms with Gasteiger partial charge in [0, 0.05) is 13.0 Å². The Hall–Kier alpha value is -1.55. The van der Waals surface area contributed by atoms with E-state index < -0.39 is 5.60 Å². The van der Waals surface area contributed by atoms with Crippen LogP contribution in [0.3, 0.4) is 0 Å². The van der Waals surface area contributed by atoms with Crippen LogP contribution in [0.1, 0.15) is 45.1 Å². The Bertz CT molecular complexity index is 424. The number of hydrogen-bond acceptors (Lipinski definition) is 3. The fourth-order valence-corrected chi connectivity index (χ4v) is 1.91. The number of benzene rings is 1. The fourth-order valence-electron chi connectivity index (χ4n) is 1.91. The largest absolute Gasteiger partial charge is 0.494 e. The van der Waals surface area contributed by atoms with E-state index in [1.807, 2.05) is 45.0 Å². The van der Waals surface area contributed by atoms with Crippen LogP contribution in [0.25, 0.3) is 0 Å². The Morgan fingerprint density at radius 1 is 1.24 bits per heavy atom. The van der Waals surface area contributed by atoms with E-state index in [9.17, 15) is 9.90 Å². The van der Waals surface area contributed by atoms with Crippen molar-refractivity contribution in [2.45, 2.75) is 52.1 Å². The van der Waals surface area contributed by atoms with Crippen LogP contribution in [0.5, 0.6) is 5.75 Å². The van der Waals surface area contributed by atoms with Gasteiger partial charge in [-0.3, -0.25) is 4.79 Å². The molecule has 0 bridgehead atoms. The maximum absolute atomic E-state index is 11.7. The molecular formula is C17H27NO3. The Labute approximate surface area is 127 Å². The van der Waals surface area contributed by atoms with Gasteiger partial charge in [-0.05, 0) is 38.3 Å². The minimum atomic E-state index is -0.784. The number of hydrogen-bond donors (Lipinski definition) is 2. The molecule has 1 aromatic carbocycles. The summed E-state index contributed by atoms with van der Waals surface area (Å²) in [7, 11) is 0. The van der Waals surface area contributed by atoms with Crippen molar-refractivity contribution in [2.24, 2.45) is 0 Å². The van der Waals surface area contributed by atoms with Crippen molar-refractivity contribution >= 4 is 5.91 Å². The smallest absolute Gasteiger partial charge is 0.220 e. The second-order valence-electron chi connectivity index (χ2n) is 5.47. The molecule has 0 aliphatic rings. The summed E-state index contributed by atoms with van der Waals surface area (Å²) < 4.78 is 5.57. The molecule has 2 N–H and O–H groups in total. The van der Waals surface area contributed by atoms with Gasteiger partial charge < -0.3 is 15.2 Å². The van der Waals surface area contributed by atoms with Crippen LogP contribution in [0.4, 0.5) is 0 Å². The summed E-state index contributed by atoms with van der Waals surface area (Å²) >= 11 is 0. The van der Waals surface area contributed by atoms with Crippen LogP contribution in [-0.4, -0.2) is 29.8 Å². The average molecular weight is 293 g/mol. The molecule has 0 radical (unpaired) electrons. The predicted molar refractivity (Wildman–Crippen MR) is 84.4 cm³/mol. The molecule has 1 aromatic rings. The first-order valence-corrected chi connectivity index (χ1v) is 7.67. The van der Waals surface area contributed by atoms with Gasteiger partial charge in [0.25, 0.3) is 0 Å². The average Bonchev–Trinajstić information content (AvgIpc) is 2.51. The van der Waals surface area contributed by atoms with Crippen LogP contribution in [-0.2, 0) is 4.79 Å². The van der Waals surface area contributed by atoms with Gasteiger partial charge in [-0.1, -0.05) is 31.5 Å². The molecular weight excluding hydrogens is 266 g/mol. The zero-order chi connectivity index (χ0) is 15.7. The lowest BCUT2D eigenvalue weighted by Gasteiger charge is -2.25. The van der Waals surface area contributed by atoms with Crippen molar-refractivity contribution in [1.29, 1.82) is 0 Å². The van der Waals surface area contributed by atoms with E-state index in [2.05, 4.69) is 5.32 Å². The summed E-state index contributed by atoms with van der Waals surface area (Å²) in [5.41, 5.74) is 0.412. The molecule has 1 amide bonds. The third kappa shape index (κ3) is 6.63. The number of amides is 1. The summed E-state index contributed by atoms with van der Waals surface area (Å²) in [6, 6.07) is 7.85. The summed E-state index contributed by atoms with van der Waals surface area (Å²) in [5.74, 6) is 0.787. The van der Waals surface area contributed by atoms with Crippen molar-refractivity contribution < 1.29 is 14.6 Å². The zero-order valence-corrected chi connectivity index (χ0v) is 13.3. The molecule has 0 heterocycles. The molecule has 0 aromatic heterocycles. The van der Waals surface area contributed by atoms with Crippen molar-refractivity contribution in [2.75, 3.05) is 13.2 Å². The quantitative estimate of drug-likeness (QED) is 0.688. The standard InChI is InChI=1S/C17H27NO3/c1-4-17(20,5-2)13-18-16(19)7-6-12-21-15-10-8-14(3)9-11-15/h8-11,20H,4-7,12-13H2,1-3H3,(H,18,19). The predicted octanol–water partition coefficient (Wildman–Crippen LogP) is 2.82. The molecule has 0 atom stereocenters. The lowest BCUT2D eigenvalue weighted by atomic mass is 9.97. The van der Waals surface area contributed by atoms with Gasteiger partial charge in [-0.2, -0.15) is 0 Å². The van der Waals surface area contributed by atoms with Gasteiger partial charge in [0.1, 0.15) is 5.75 Å². The number of rotatable bonds is 9. The van der Waals surface area contributed by atoms with Crippen LogP contribution in [0, 0.1) is 6.92 Å². The van der Waals surface area contributed by atoms with E-state index in [0.717, 1.165) is 5.75 Å². The molecule has 0 unspecified atom stereocenters. The van der Waals surface area contributed by atoms with Gasteiger partial charge >= 0.3 is 0 Å². The lowest BCUT2D eigenvalue weighted by molar-refractivity contribution is -0.122. The van der Waals surface area contributed by atoms with Crippen LogP contribution in [0.2, 0.25) is 0 Å². The lowest BCUT2D eigenvalue weighted by Crippen LogP contribution is -2.42. The maximum atomic E-state index is 11.7. The number of aryl methyl sites for hydroxylation is 1. The number of ether oxygens (including phenoxy) is 1. The number of carbonyl (C=O) groups is 1. The van der Waals surface area contributed by atoms with Gasteiger partial charge in [-0.25, -0.2) is 0 Å². The monoisotopic (exact) mass is 293 g/mol. The molecule has 1 rings (SSSR count). The first-order chi connectivity index (χ1) is 9.99. The summed E-state index contributed by atoms with van der Waals surface area (Å²) in [4.78, 5) is 11.7. The summed E-state index contributed by atoms with van der Waals surface area (Å²) in [5, 5.41) is 12.9. The minimum Gasteiger partial charge on any atom is -0.494 e. The van der Waals surface area contributed by atoms with Gasteiger partial charge in [-0.15, -0.1) is 0 Å². The molecule has 0 spiro atoms. The molecule has 0 aliphatic heterocycles. The van der Waals surface area contributed by atoms with E-state index in [-0.39, 0.29) is 5.91 Å². The molecule has 0 saturated heterocycles. The Morgan fingerprint density at radius 3 is 2.43 bits per heavy atom. The summed E-state index contributed by atoms with van der Waals surface area (Å²) in [6.45, 7) is 6.71. The van der Waals surface area contributed by atoms with E-state index in [4.69, 9.17) is 4.74 Å². The molecule has 4 nitrogen and oxygen atoms in total. The SMILES string of the molecule is CCC(O)(CC)CNC(=O)CCCOc1ccc(C)cc1. The summed E-state index contributed by atoms with van der Waals surface area (Å²) in [6.07, 6.45) is 2.35. The normalized spacial score (nSPS) is 11.2. The first kappa shape index (κ1) is 17.5. The molecule has 0 fully saturated rings. The van der Waals surface area contributed by atoms with Crippen LogP contribution < -0.4 is 10.1 Å². The van der Waals surface area contributed by atoms with E-state index in [1.54, 1.807) is 0 Å².